The summed E-state index contributed by atoms with van der Waals surface area (Å²) in [7, 11) is 1.47. The molecule has 0 spiro atoms. The first kappa shape index (κ1) is 14.7. The van der Waals surface area contributed by atoms with Crippen LogP contribution in [0.1, 0.15) is 16.7 Å². The van der Waals surface area contributed by atoms with Crippen molar-refractivity contribution in [3.8, 4) is 11.1 Å². The minimum absolute atomic E-state index is 0.212. The third-order valence-electron chi connectivity index (χ3n) is 4.95. The number of fused-ring (bicyclic) bond motifs is 3. The Bertz CT molecular complexity index is 899. The third kappa shape index (κ3) is 2.00. The molecule has 0 saturated heterocycles. The second-order valence-corrected chi connectivity index (χ2v) is 6.14. The predicted molar refractivity (Wildman–Crippen MR) is 94.8 cm³/mol. The topological polar surface area (TPSA) is 26.3 Å². The van der Waals surface area contributed by atoms with Gasteiger partial charge in [-0.25, -0.2) is 0 Å². The molecule has 0 fully saturated rings. The van der Waals surface area contributed by atoms with Gasteiger partial charge < -0.3 is 4.74 Å². The number of methoxy groups -OCH3 is 1. The average Bonchev–Trinajstić information content (AvgIpc) is 2.67. The number of esters is 1. The lowest BCUT2D eigenvalue weighted by Gasteiger charge is -2.38. The van der Waals surface area contributed by atoms with Gasteiger partial charge in [0.2, 0.25) is 0 Å². The summed E-state index contributed by atoms with van der Waals surface area (Å²) in [6, 6.07) is 26.4. The van der Waals surface area contributed by atoms with E-state index in [9.17, 15) is 4.79 Å². The van der Waals surface area contributed by atoms with Gasteiger partial charge in [0.05, 0.1) is 7.11 Å². The number of carbonyl (C=O) groups excluding carboxylic acids is 1. The molecule has 0 saturated carbocycles. The molecule has 3 aromatic carbocycles. The monoisotopic (exact) mass is 314 g/mol. The van der Waals surface area contributed by atoms with Gasteiger partial charge >= 0.3 is 5.97 Å². The van der Waals surface area contributed by atoms with E-state index >= 15 is 0 Å². The van der Waals surface area contributed by atoms with Crippen molar-refractivity contribution < 1.29 is 9.53 Å². The van der Waals surface area contributed by atoms with E-state index < -0.39 is 5.41 Å². The number of rotatable bonds is 2. The maximum absolute atomic E-state index is 13.0. The van der Waals surface area contributed by atoms with Crippen molar-refractivity contribution in [3.63, 3.8) is 0 Å². The number of hydrogen-bond donors (Lipinski definition) is 0. The van der Waals surface area contributed by atoms with Crippen molar-refractivity contribution in [2.24, 2.45) is 0 Å². The molecule has 118 valence electrons. The molecule has 0 unspecified atom stereocenters. The summed E-state index contributed by atoms with van der Waals surface area (Å²) < 4.78 is 5.28. The van der Waals surface area contributed by atoms with Gasteiger partial charge in [0.15, 0.2) is 0 Å². The Labute approximate surface area is 141 Å². The highest BCUT2D eigenvalue weighted by Gasteiger charge is 2.47. The molecule has 0 heterocycles. The van der Waals surface area contributed by atoms with Gasteiger partial charge in [0.25, 0.3) is 0 Å². The fourth-order valence-corrected chi connectivity index (χ4v) is 3.86. The van der Waals surface area contributed by atoms with Gasteiger partial charge in [0, 0.05) is 0 Å². The first-order valence-corrected chi connectivity index (χ1v) is 8.09. The van der Waals surface area contributed by atoms with Gasteiger partial charge in [-0.05, 0) is 34.2 Å². The second kappa shape index (κ2) is 5.64. The molecule has 1 aliphatic rings. The number of ether oxygens (including phenoxy) is 1. The molecule has 0 amide bonds. The molecule has 4 rings (SSSR count). The lowest BCUT2D eigenvalue weighted by atomic mass is 9.64. The molecule has 24 heavy (non-hydrogen) atoms. The van der Waals surface area contributed by atoms with Crippen LogP contribution in [0.3, 0.4) is 0 Å². The van der Waals surface area contributed by atoms with E-state index in [1.54, 1.807) is 0 Å². The molecule has 0 N–H and O–H groups in total. The van der Waals surface area contributed by atoms with Crippen molar-refractivity contribution in [2.45, 2.75) is 11.8 Å². The van der Waals surface area contributed by atoms with E-state index in [-0.39, 0.29) is 5.97 Å². The number of benzene rings is 3. The molecule has 0 radical (unpaired) electrons. The molecule has 0 aromatic heterocycles. The van der Waals surface area contributed by atoms with Crippen molar-refractivity contribution >= 4 is 5.97 Å². The minimum atomic E-state index is -0.805. The van der Waals surface area contributed by atoms with E-state index in [0.717, 1.165) is 16.7 Å². The van der Waals surface area contributed by atoms with Crippen molar-refractivity contribution in [2.75, 3.05) is 7.11 Å². The highest BCUT2D eigenvalue weighted by atomic mass is 16.5. The molecule has 3 aromatic rings. The van der Waals surface area contributed by atoms with E-state index in [1.807, 2.05) is 54.6 Å². The maximum atomic E-state index is 13.0. The van der Waals surface area contributed by atoms with Crippen LogP contribution in [-0.2, 0) is 21.4 Å². The fourth-order valence-electron chi connectivity index (χ4n) is 3.86. The molecule has 0 aliphatic heterocycles. The fraction of sp³-hybridized carbons (Fsp3) is 0.136. The Morgan fingerprint density at radius 3 is 2.21 bits per heavy atom. The zero-order valence-corrected chi connectivity index (χ0v) is 13.5. The van der Waals surface area contributed by atoms with Gasteiger partial charge in [-0.3, -0.25) is 4.79 Å². The van der Waals surface area contributed by atoms with Crippen LogP contribution in [-0.4, -0.2) is 13.1 Å². The maximum Gasteiger partial charge on any atom is 0.321 e. The second-order valence-electron chi connectivity index (χ2n) is 6.14. The standard InChI is InChI=1S/C22H18O2/c1-24-21(23)22(17-10-3-2-4-11-17)15-16-9-5-6-12-18(16)19-13-7-8-14-20(19)22/h2-14H,15H2,1H3/t22-/m1/s1. The van der Waals surface area contributed by atoms with Crippen molar-refractivity contribution in [1.29, 1.82) is 0 Å². The van der Waals surface area contributed by atoms with Crippen LogP contribution in [0.5, 0.6) is 0 Å². The number of carbonyl (C=O) groups is 1. The largest absolute Gasteiger partial charge is 0.468 e. The summed E-state index contributed by atoms with van der Waals surface area (Å²) in [4.78, 5) is 13.0. The van der Waals surface area contributed by atoms with Crippen molar-refractivity contribution in [1.82, 2.24) is 0 Å². The van der Waals surface area contributed by atoms with Crippen LogP contribution in [0.2, 0.25) is 0 Å². The number of hydrogen-bond acceptors (Lipinski definition) is 2. The van der Waals surface area contributed by atoms with Gasteiger partial charge in [-0.1, -0.05) is 78.9 Å². The summed E-state index contributed by atoms with van der Waals surface area (Å²) in [6.45, 7) is 0. The van der Waals surface area contributed by atoms with Crippen LogP contribution < -0.4 is 0 Å². The lowest BCUT2D eigenvalue weighted by Crippen LogP contribution is -2.42. The SMILES string of the molecule is COC(=O)[C@@]1(c2ccccc2)Cc2ccccc2-c2ccccc21. The van der Waals surface area contributed by atoms with Crippen molar-refractivity contribution in [3.05, 3.63) is 95.6 Å². The molecule has 1 aliphatic carbocycles. The van der Waals surface area contributed by atoms with Gasteiger partial charge in [-0.15, -0.1) is 0 Å². The van der Waals surface area contributed by atoms with E-state index in [1.165, 1.54) is 18.2 Å². The molecule has 0 bridgehead atoms. The normalized spacial score (nSPS) is 18.4. The van der Waals surface area contributed by atoms with Crippen LogP contribution in [0.15, 0.2) is 78.9 Å². The summed E-state index contributed by atoms with van der Waals surface area (Å²) in [6.07, 6.45) is 0.608. The molecular weight excluding hydrogens is 296 g/mol. The lowest BCUT2D eigenvalue weighted by molar-refractivity contribution is -0.145. The highest BCUT2D eigenvalue weighted by molar-refractivity contribution is 5.94. The average molecular weight is 314 g/mol. The first-order valence-electron chi connectivity index (χ1n) is 8.09. The Balaban J connectivity index is 2.07. The summed E-state index contributed by atoms with van der Waals surface area (Å²) in [5.41, 5.74) is 4.66. The zero-order chi connectivity index (χ0) is 16.6. The third-order valence-corrected chi connectivity index (χ3v) is 4.95. The minimum Gasteiger partial charge on any atom is -0.468 e. The zero-order valence-electron chi connectivity index (χ0n) is 13.5. The van der Waals surface area contributed by atoms with Crippen LogP contribution in [0.25, 0.3) is 11.1 Å². The quantitative estimate of drug-likeness (QED) is 0.657. The van der Waals surface area contributed by atoms with E-state index in [4.69, 9.17) is 4.74 Å². The predicted octanol–water partition coefficient (Wildman–Crippen LogP) is 4.37. The van der Waals surface area contributed by atoms with E-state index in [2.05, 4.69) is 24.3 Å². The summed E-state index contributed by atoms with van der Waals surface area (Å²) in [5, 5.41) is 0. The first-order chi connectivity index (χ1) is 11.8. The molecule has 2 heteroatoms. The van der Waals surface area contributed by atoms with Crippen LogP contribution in [0.4, 0.5) is 0 Å². The molecular formula is C22H18O2. The van der Waals surface area contributed by atoms with Crippen LogP contribution in [0, 0.1) is 0 Å². The summed E-state index contributed by atoms with van der Waals surface area (Å²) in [5.74, 6) is -0.212. The Morgan fingerprint density at radius 1 is 0.833 bits per heavy atom. The highest BCUT2D eigenvalue weighted by Crippen LogP contribution is 2.47. The Kier molecular flexibility index (Phi) is 3.46. The molecule has 2 nitrogen and oxygen atoms in total. The summed E-state index contributed by atoms with van der Waals surface area (Å²) >= 11 is 0. The molecule has 1 atom stereocenters. The Morgan fingerprint density at radius 2 is 1.46 bits per heavy atom. The van der Waals surface area contributed by atoms with Crippen LogP contribution >= 0.6 is 0 Å². The smallest absolute Gasteiger partial charge is 0.321 e. The van der Waals surface area contributed by atoms with Gasteiger partial charge in [-0.2, -0.15) is 0 Å². The Hall–Kier alpha value is -2.87. The van der Waals surface area contributed by atoms with Gasteiger partial charge in [0.1, 0.15) is 5.41 Å². The van der Waals surface area contributed by atoms with E-state index in [0.29, 0.717) is 6.42 Å².